The van der Waals surface area contributed by atoms with Crippen molar-refractivity contribution in [3.63, 3.8) is 0 Å². The third-order valence-electron chi connectivity index (χ3n) is 4.47. The number of ether oxygens (including phenoxy) is 1. The van der Waals surface area contributed by atoms with Crippen LogP contribution in [0.25, 0.3) is 0 Å². The number of rotatable bonds is 5. The van der Waals surface area contributed by atoms with Crippen molar-refractivity contribution in [1.82, 2.24) is 5.32 Å². The lowest BCUT2D eigenvalue weighted by Gasteiger charge is -2.16. The van der Waals surface area contributed by atoms with Crippen LogP contribution in [0.1, 0.15) is 36.4 Å². The van der Waals surface area contributed by atoms with Crippen LogP contribution in [0, 0.1) is 5.92 Å². The fourth-order valence-electron chi connectivity index (χ4n) is 2.96. The number of benzene rings is 2. The van der Waals surface area contributed by atoms with Crippen LogP contribution < -0.4 is 10.1 Å². The van der Waals surface area contributed by atoms with E-state index in [-0.39, 0.29) is 23.8 Å². The van der Waals surface area contributed by atoms with Crippen molar-refractivity contribution in [3.8, 4) is 5.75 Å². The van der Waals surface area contributed by atoms with E-state index in [9.17, 15) is 4.79 Å². The van der Waals surface area contributed by atoms with E-state index in [0.29, 0.717) is 0 Å². The molecule has 2 aromatic rings. The Balaban J connectivity index is 1.63. The molecule has 0 radical (unpaired) electrons. The van der Waals surface area contributed by atoms with Gasteiger partial charge in [-0.15, -0.1) is 0 Å². The van der Waals surface area contributed by atoms with Gasteiger partial charge >= 0.3 is 0 Å². The SMILES string of the molecule is COc1ccc(C(C)NC(=O)C2CC2c2ccccc2Cl)cc1Br. The van der Waals surface area contributed by atoms with E-state index in [1.807, 2.05) is 49.4 Å². The molecule has 0 heterocycles. The first-order valence-electron chi connectivity index (χ1n) is 7.89. The standard InChI is InChI=1S/C19H19BrClNO2/c1-11(12-7-8-18(24-2)16(20)9-12)22-19(23)15-10-14(15)13-5-3-4-6-17(13)21/h3-9,11,14-15H,10H2,1-2H3,(H,22,23). The smallest absolute Gasteiger partial charge is 0.224 e. The quantitative estimate of drug-likeness (QED) is 0.748. The number of hydrogen-bond acceptors (Lipinski definition) is 2. The summed E-state index contributed by atoms with van der Waals surface area (Å²) >= 11 is 9.71. The van der Waals surface area contributed by atoms with E-state index in [0.717, 1.165) is 32.8 Å². The second-order valence-corrected chi connectivity index (χ2v) is 7.36. The van der Waals surface area contributed by atoms with Crippen molar-refractivity contribution in [1.29, 1.82) is 0 Å². The third-order valence-corrected chi connectivity index (χ3v) is 5.43. The summed E-state index contributed by atoms with van der Waals surface area (Å²) in [5.41, 5.74) is 2.10. The van der Waals surface area contributed by atoms with Gasteiger partial charge in [0.1, 0.15) is 5.75 Å². The van der Waals surface area contributed by atoms with E-state index < -0.39 is 0 Å². The molecule has 1 saturated carbocycles. The fraction of sp³-hybridized carbons (Fsp3) is 0.316. The molecule has 5 heteroatoms. The first-order chi connectivity index (χ1) is 11.5. The van der Waals surface area contributed by atoms with E-state index >= 15 is 0 Å². The summed E-state index contributed by atoms with van der Waals surface area (Å²) in [6, 6.07) is 13.5. The van der Waals surface area contributed by atoms with Crippen LogP contribution in [0.2, 0.25) is 5.02 Å². The lowest BCUT2D eigenvalue weighted by molar-refractivity contribution is -0.123. The number of methoxy groups -OCH3 is 1. The minimum absolute atomic E-state index is 0.00837. The Morgan fingerprint density at radius 1 is 1.33 bits per heavy atom. The van der Waals surface area contributed by atoms with Crippen LogP contribution in [0.5, 0.6) is 5.75 Å². The third kappa shape index (κ3) is 3.60. The Morgan fingerprint density at radius 3 is 2.75 bits per heavy atom. The van der Waals surface area contributed by atoms with E-state index in [4.69, 9.17) is 16.3 Å². The Kier molecular flexibility index (Phi) is 5.16. The normalized spacial score (nSPS) is 20.3. The van der Waals surface area contributed by atoms with Gasteiger partial charge in [0.05, 0.1) is 17.6 Å². The van der Waals surface area contributed by atoms with Gasteiger partial charge in [0.2, 0.25) is 5.91 Å². The number of amides is 1. The highest BCUT2D eigenvalue weighted by Crippen LogP contribution is 2.49. The molecule has 0 bridgehead atoms. The maximum absolute atomic E-state index is 12.5. The van der Waals surface area contributed by atoms with Crippen molar-refractivity contribution in [2.75, 3.05) is 7.11 Å². The summed E-state index contributed by atoms with van der Waals surface area (Å²) in [5.74, 6) is 1.10. The zero-order valence-electron chi connectivity index (χ0n) is 13.6. The molecule has 3 nitrogen and oxygen atoms in total. The molecule has 3 unspecified atom stereocenters. The predicted molar refractivity (Wildman–Crippen MR) is 99.6 cm³/mol. The van der Waals surface area contributed by atoms with Gasteiger partial charge in [-0.25, -0.2) is 0 Å². The van der Waals surface area contributed by atoms with Crippen LogP contribution >= 0.6 is 27.5 Å². The average Bonchev–Trinajstić information content (AvgIpc) is 3.35. The molecule has 0 aliphatic heterocycles. The number of carbonyl (C=O) groups is 1. The zero-order valence-corrected chi connectivity index (χ0v) is 15.9. The summed E-state index contributed by atoms with van der Waals surface area (Å²) in [4.78, 5) is 12.5. The fourth-order valence-corrected chi connectivity index (χ4v) is 3.79. The van der Waals surface area contributed by atoms with Gasteiger partial charge in [-0.2, -0.15) is 0 Å². The van der Waals surface area contributed by atoms with Crippen LogP contribution in [-0.4, -0.2) is 13.0 Å². The van der Waals surface area contributed by atoms with Crippen molar-refractivity contribution >= 4 is 33.4 Å². The largest absolute Gasteiger partial charge is 0.496 e. The van der Waals surface area contributed by atoms with E-state index in [1.54, 1.807) is 7.11 Å². The molecule has 1 N–H and O–H groups in total. The molecular weight excluding hydrogens is 390 g/mol. The number of halogens is 2. The van der Waals surface area contributed by atoms with Gasteiger partial charge in [0.15, 0.2) is 0 Å². The van der Waals surface area contributed by atoms with E-state index in [1.165, 1.54) is 0 Å². The summed E-state index contributed by atoms with van der Waals surface area (Å²) in [7, 11) is 1.63. The molecule has 3 rings (SSSR count). The average molecular weight is 409 g/mol. The second-order valence-electron chi connectivity index (χ2n) is 6.09. The molecule has 0 saturated heterocycles. The highest BCUT2D eigenvalue weighted by molar-refractivity contribution is 9.10. The highest BCUT2D eigenvalue weighted by Gasteiger charge is 2.45. The lowest BCUT2D eigenvalue weighted by atomic mass is 10.1. The zero-order chi connectivity index (χ0) is 17.3. The number of nitrogens with one attached hydrogen (secondary N) is 1. The molecule has 24 heavy (non-hydrogen) atoms. The van der Waals surface area contributed by atoms with Crippen LogP contribution in [0.4, 0.5) is 0 Å². The molecule has 1 aliphatic carbocycles. The first kappa shape index (κ1) is 17.3. The second kappa shape index (κ2) is 7.16. The minimum atomic E-state index is -0.0628. The summed E-state index contributed by atoms with van der Waals surface area (Å²) in [5, 5.41) is 3.84. The Bertz CT molecular complexity index is 765. The van der Waals surface area contributed by atoms with Gasteiger partial charge < -0.3 is 10.1 Å². The predicted octanol–water partition coefficient (Wildman–Crippen LogP) is 5.09. The van der Waals surface area contributed by atoms with E-state index in [2.05, 4.69) is 21.2 Å². The summed E-state index contributed by atoms with van der Waals surface area (Å²) in [6.45, 7) is 1.99. The maximum Gasteiger partial charge on any atom is 0.224 e. The maximum atomic E-state index is 12.5. The Morgan fingerprint density at radius 2 is 2.08 bits per heavy atom. The number of hydrogen-bond donors (Lipinski definition) is 1. The summed E-state index contributed by atoms with van der Waals surface area (Å²) < 4.78 is 6.12. The molecule has 0 aromatic heterocycles. The molecular formula is C19H19BrClNO2. The first-order valence-corrected chi connectivity index (χ1v) is 9.06. The van der Waals surface area contributed by atoms with Crippen molar-refractivity contribution < 1.29 is 9.53 Å². The van der Waals surface area contributed by atoms with Gasteiger partial charge in [-0.3, -0.25) is 4.79 Å². The monoisotopic (exact) mass is 407 g/mol. The Labute approximate surface area is 155 Å². The van der Waals surface area contributed by atoms with Crippen molar-refractivity contribution in [2.45, 2.75) is 25.3 Å². The molecule has 1 fully saturated rings. The topological polar surface area (TPSA) is 38.3 Å². The van der Waals surface area contributed by atoms with Gasteiger partial charge in [-0.1, -0.05) is 35.9 Å². The molecule has 1 amide bonds. The van der Waals surface area contributed by atoms with Crippen molar-refractivity contribution in [3.05, 3.63) is 63.1 Å². The van der Waals surface area contributed by atoms with Gasteiger partial charge in [0, 0.05) is 10.9 Å². The van der Waals surface area contributed by atoms with Crippen molar-refractivity contribution in [2.24, 2.45) is 5.92 Å². The molecule has 2 aromatic carbocycles. The van der Waals surface area contributed by atoms with Crippen LogP contribution in [0.3, 0.4) is 0 Å². The Hall–Kier alpha value is -1.52. The number of carbonyl (C=O) groups excluding carboxylic acids is 1. The molecule has 1 aliphatic rings. The lowest BCUT2D eigenvalue weighted by Crippen LogP contribution is -2.28. The molecule has 126 valence electrons. The minimum Gasteiger partial charge on any atom is -0.496 e. The molecule has 3 atom stereocenters. The van der Waals surface area contributed by atoms with Gasteiger partial charge in [-0.05, 0) is 64.5 Å². The van der Waals surface area contributed by atoms with Crippen LogP contribution in [0.15, 0.2) is 46.9 Å². The summed E-state index contributed by atoms with van der Waals surface area (Å²) in [6.07, 6.45) is 0.856. The van der Waals surface area contributed by atoms with Crippen LogP contribution in [-0.2, 0) is 4.79 Å². The highest BCUT2D eigenvalue weighted by atomic mass is 79.9. The molecule has 0 spiro atoms. The van der Waals surface area contributed by atoms with Gasteiger partial charge in [0.25, 0.3) is 0 Å².